The number of thiazole rings is 1. The van der Waals surface area contributed by atoms with Crippen LogP contribution in [0.25, 0.3) is 10.2 Å². The number of anilines is 1. The molecule has 2 aromatic carbocycles. The molecule has 10 heteroatoms. The van der Waals surface area contributed by atoms with Crippen LogP contribution in [0, 0.1) is 19.8 Å². The highest BCUT2D eigenvalue weighted by Crippen LogP contribution is 2.30. The Labute approximate surface area is 203 Å². The van der Waals surface area contributed by atoms with Crippen molar-refractivity contribution < 1.29 is 22.7 Å². The highest BCUT2D eigenvalue weighted by molar-refractivity contribution is 7.89. The standard InChI is InChI=1S/C24H27N3O5S2/c1-4-32-23(29)18-6-5-11-27(14-18)34(30,31)19-9-7-17(8-10-19)22(28)26-24-25-21-16(3)12-15(2)13-20(21)33-24/h7-10,12-13,18H,4-6,11,14H2,1-3H3,(H,25,26,28). The van der Waals surface area contributed by atoms with Gasteiger partial charge in [-0.25, -0.2) is 13.4 Å². The molecule has 180 valence electrons. The number of fused-ring (bicyclic) bond motifs is 1. The summed E-state index contributed by atoms with van der Waals surface area (Å²) in [6, 6.07) is 9.89. The summed E-state index contributed by atoms with van der Waals surface area (Å²) in [6.07, 6.45) is 1.19. The third-order valence-corrected chi connectivity index (χ3v) is 8.61. The minimum absolute atomic E-state index is 0.0830. The van der Waals surface area contributed by atoms with E-state index in [9.17, 15) is 18.0 Å². The molecule has 1 aliphatic rings. The van der Waals surface area contributed by atoms with E-state index in [4.69, 9.17) is 4.74 Å². The van der Waals surface area contributed by atoms with Crippen LogP contribution in [0.3, 0.4) is 0 Å². The number of carbonyl (C=O) groups is 2. The molecule has 0 spiro atoms. The quantitative estimate of drug-likeness (QED) is 0.509. The Morgan fingerprint density at radius 1 is 1.21 bits per heavy atom. The van der Waals surface area contributed by atoms with E-state index in [1.54, 1.807) is 6.92 Å². The molecule has 2 heterocycles. The second-order valence-electron chi connectivity index (χ2n) is 8.38. The lowest BCUT2D eigenvalue weighted by atomic mass is 10.0. The average molecular weight is 502 g/mol. The van der Waals surface area contributed by atoms with E-state index in [0.717, 1.165) is 21.3 Å². The molecule has 1 saturated heterocycles. The topological polar surface area (TPSA) is 106 Å². The van der Waals surface area contributed by atoms with E-state index in [1.165, 1.54) is 39.9 Å². The molecule has 1 aliphatic heterocycles. The summed E-state index contributed by atoms with van der Waals surface area (Å²) >= 11 is 1.40. The largest absolute Gasteiger partial charge is 0.466 e. The van der Waals surface area contributed by atoms with Gasteiger partial charge in [0, 0.05) is 18.7 Å². The van der Waals surface area contributed by atoms with Crippen molar-refractivity contribution in [3.05, 3.63) is 53.1 Å². The van der Waals surface area contributed by atoms with Crippen LogP contribution in [0.4, 0.5) is 5.13 Å². The molecule has 3 aromatic rings. The van der Waals surface area contributed by atoms with Crippen molar-refractivity contribution in [2.75, 3.05) is 25.0 Å². The van der Waals surface area contributed by atoms with Gasteiger partial charge in [0.2, 0.25) is 10.0 Å². The van der Waals surface area contributed by atoms with Crippen molar-refractivity contribution >= 4 is 48.6 Å². The molecule has 1 aromatic heterocycles. The second kappa shape index (κ2) is 9.81. The predicted molar refractivity (Wildman–Crippen MR) is 132 cm³/mol. The Morgan fingerprint density at radius 2 is 1.94 bits per heavy atom. The van der Waals surface area contributed by atoms with Crippen molar-refractivity contribution in [1.82, 2.24) is 9.29 Å². The smallest absolute Gasteiger partial charge is 0.310 e. The fourth-order valence-corrected chi connectivity index (χ4v) is 6.69. The number of hydrogen-bond acceptors (Lipinski definition) is 7. The van der Waals surface area contributed by atoms with E-state index >= 15 is 0 Å². The first-order valence-electron chi connectivity index (χ1n) is 11.1. The molecule has 0 radical (unpaired) electrons. The SMILES string of the molecule is CCOC(=O)C1CCCN(S(=O)(=O)c2ccc(C(=O)Nc3nc4c(C)cc(C)cc4s3)cc2)C1. The van der Waals surface area contributed by atoms with Crippen LogP contribution in [0.15, 0.2) is 41.3 Å². The number of aryl methyl sites for hydroxylation is 2. The number of nitrogens with zero attached hydrogens (tertiary/aromatic N) is 2. The predicted octanol–water partition coefficient (Wildman–Crippen LogP) is 4.13. The monoisotopic (exact) mass is 501 g/mol. The summed E-state index contributed by atoms with van der Waals surface area (Å²) in [4.78, 5) is 29.4. The number of hydrogen-bond donors (Lipinski definition) is 1. The number of benzene rings is 2. The Balaban J connectivity index is 1.47. The van der Waals surface area contributed by atoms with Gasteiger partial charge in [0.25, 0.3) is 5.91 Å². The van der Waals surface area contributed by atoms with E-state index in [0.29, 0.717) is 30.1 Å². The first kappa shape index (κ1) is 24.3. The van der Waals surface area contributed by atoms with Gasteiger partial charge in [-0.3, -0.25) is 14.9 Å². The summed E-state index contributed by atoms with van der Waals surface area (Å²) in [7, 11) is -3.79. The molecule has 4 rings (SSSR count). The maximum atomic E-state index is 13.1. The van der Waals surface area contributed by atoms with Gasteiger partial charge < -0.3 is 4.74 Å². The van der Waals surface area contributed by atoms with Gasteiger partial charge in [-0.2, -0.15) is 4.31 Å². The molecule has 1 fully saturated rings. The summed E-state index contributed by atoms with van der Waals surface area (Å²) in [5.74, 6) is -1.19. The van der Waals surface area contributed by atoms with Gasteiger partial charge in [0.05, 0.1) is 27.6 Å². The zero-order valence-corrected chi connectivity index (χ0v) is 21.0. The Kier molecular flexibility index (Phi) is 7.01. The number of aromatic nitrogens is 1. The fraction of sp³-hybridized carbons (Fsp3) is 0.375. The Bertz CT molecular complexity index is 1330. The summed E-state index contributed by atoms with van der Waals surface area (Å²) in [6.45, 7) is 6.43. The Hall–Kier alpha value is -2.82. The maximum Gasteiger partial charge on any atom is 0.310 e. The highest BCUT2D eigenvalue weighted by atomic mass is 32.2. The molecule has 34 heavy (non-hydrogen) atoms. The van der Waals surface area contributed by atoms with Gasteiger partial charge >= 0.3 is 5.97 Å². The van der Waals surface area contributed by atoms with Crippen LogP contribution in [0.5, 0.6) is 0 Å². The highest BCUT2D eigenvalue weighted by Gasteiger charge is 2.34. The molecule has 1 atom stereocenters. The van der Waals surface area contributed by atoms with Crippen molar-refractivity contribution in [2.24, 2.45) is 5.92 Å². The average Bonchev–Trinajstić information content (AvgIpc) is 3.22. The lowest BCUT2D eigenvalue weighted by Gasteiger charge is -2.30. The molecule has 8 nitrogen and oxygen atoms in total. The summed E-state index contributed by atoms with van der Waals surface area (Å²) in [5.41, 5.74) is 3.36. The number of amides is 1. The third kappa shape index (κ3) is 4.98. The van der Waals surface area contributed by atoms with E-state index < -0.39 is 15.9 Å². The number of ether oxygens (including phenoxy) is 1. The van der Waals surface area contributed by atoms with E-state index in [2.05, 4.69) is 10.3 Å². The Morgan fingerprint density at radius 3 is 2.65 bits per heavy atom. The number of sulfonamides is 1. The minimum Gasteiger partial charge on any atom is -0.466 e. The molecule has 0 saturated carbocycles. The van der Waals surface area contributed by atoms with Gasteiger partial charge in [-0.1, -0.05) is 17.4 Å². The van der Waals surface area contributed by atoms with Gasteiger partial charge in [0.1, 0.15) is 0 Å². The zero-order valence-electron chi connectivity index (χ0n) is 19.3. The van der Waals surface area contributed by atoms with Gasteiger partial charge in [-0.15, -0.1) is 0 Å². The van der Waals surface area contributed by atoms with E-state index in [1.807, 2.05) is 26.0 Å². The van der Waals surface area contributed by atoms with Gasteiger partial charge in [0.15, 0.2) is 5.13 Å². The lowest BCUT2D eigenvalue weighted by molar-refractivity contribution is -0.149. The number of esters is 1. The first-order chi connectivity index (χ1) is 16.2. The van der Waals surface area contributed by atoms with Crippen LogP contribution in [-0.4, -0.2) is 49.3 Å². The first-order valence-corrected chi connectivity index (χ1v) is 13.4. The number of nitrogens with one attached hydrogen (secondary N) is 1. The molecule has 1 unspecified atom stereocenters. The molecular weight excluding hydrogens is 474 g/mol. The van der Waals surface area contributed by atoms with Crippen molar-refractivity contribution in [3.63, 3.8) is 0 Å². The normalized spacial score (nSPS) is 17.0. The molecule has 0 bridgehead atoms. The van der Waals surface area contributed by atoms with Crippen molar-refractivity contribution in [3.8, 4) is 0 Å². The van der Waals surface area contributed by atoms with Crippen LogP contribution < -0.4 is 5.32 Å². The van der Waals surface area contributed by atoms with E-state index in [-0.39, 0.29) is 29.9 Å². The van der Waals surface area contributed by atoms with Crippen LogP contribution in [0.1, 0.15) is 41.3 Å². The fourth-order valence-electron chi connectivity index (χ4n) is 4.13. The van der Waals surface area contributed by atoms with Crippen LogP contribution >= 0.6 is 11.3 Å². The summed E-state index contributed by atoms with van der Waals surface area (Å²) < 4.78 is 33.6. The van der Waals surface area contributed by atoms with Crippen LogP contribution in [0.2, 0.25) is 0 Å². The maximum absolute atomic E-state index is 13.1. The number of rotatable bonds is 6. The molecule has 1 amide bonds. The zero-order chi connectivity index (χ0) is 24.5. The van der Waals surface area contributed by atoms with Crippen LogP contribution in [-0.2, 0) is 19.6 Å². The second-order valence-corrected chi connectivity index (χ2v) is 11.3. The van der Waals surface area contributed by atoms with Crippen molar-refractivity contribution in [1.29, 1.82) is 0 Å². The van der Waals surface area contributed by atoms with Gasteiger partial charge in [-0.05, 0) is 75.1 Å². The number of carbonyl (C=O) groups excluding carboxylic acids is 2. The van der Waals surface area contributed by atoms with Crippen molar-refractivity contribution in [2.45, 2.75) is 38.5 Å². The molecule has 1 N–H and O–H groups in total. The molecule has 0 aliphatic carbocycles. The minimum atomic E-state index is -3.79. The third-order valence-electron chi connectivity index (χ3n) is 5.81. The summed E-state index contributed by atoms with van der Waals surface area (Å²) in [5, 5.41) is 3.29. The number of piperidine rings is 1. The molecular formula is C24H27N3O5S2. The lowest BCUT2D eigenvalue weighted by Crippen LogP contribution is -2.42.